The molecule has 0 heterocycles. The maximum Gasteiger partial charge on any atom is 0.333 e. The minimum atomic E-state index is -1.65. The minimum Gasteiger partial charge on any atom is -0.479 e. The number of carboxylic acid groups (broad SMARTS) is 1. The van der Waals surface area contributed by atoms with Crippen LogP contribution in [0.4, 0.5) is 4.39 Å². The summed E-state index contributed by atoms with van der Waals surface area (Å²) in [4.78, 5) is 24.2. The van der Waals surface area contributed by atoms with Crippen LogP contribution in [0.15, 0.2) is 24.3 Å². The Morgan fingerprint density at radius 3 is 2.28 bits per heavy atom. The number of carbonyl (C=O) groups excluding carboxylic acids is 1. The van der Waals surface area contributed by atoms with Gasteiger partial charge in [-0.1, -0.05) is 37.8 Å². The van der Waals surface area contributed by atoms with E-state index in [9.17, 15) is 19.1 Å². The van der Waals surface area contributed by atoms with E-state index in [1.807, 2.05) is 0 Å². The largest absolute Gasteiger partial charge is 0.479 e. The van der Waals surface area contributed by atoms with Crippen LogP contribution in [0.1, 0.15) is 57.9 Å². The van der Waals surface area contributed by atoms with Crippen LogP contribution in [0.5, 0.6) is 0 Å². The van der Waals surface area contributed by atoms with Crippen molar-refractivity contribution in [2.75, 3.05) is 0 Å². The first-order valence-corrected chi connectivity index (χ1v) is 8.80. The molecule has 25 heavy (non-hydrogen) atoms. The molecule has 1 amide bonds. The van der Waals surface area contributed by atoms with Crippen LogP contribution < -0.4 is 5.32 Å². The summed E-state index contributed by atoms with van der Waals surface area (Å²) in [5.41, 5.74) is -1.34. The fourth-order valence-corrected chi connectivity index (χ4v) is 3.11. The Labute approximate surface area is 147 Å². The third kappa shape index (κ3) is 5.01. The van der Waals surface area contributed by atoms with Gasteiger partial charge in [-0.15, -0.1) is 0 Å². The first-order valence-electron chi connectivity index (χ1n) is 8.80. The number of benzene rings is 1. The van der Waals surface area contributed by atoms with Crippen molar-refractivity contribution < 1.29 is 23.8 Å². The second kappa shape index (κ2) is 8.43. The SMILES string of the molecule is CC(OC1CCCCCC1)C(=O)NC(C)(C(=O)O)c1ccc(F)cc1. The van der Waals surface area contributed by atoms with Gasteiger partial charge >= 0.3 is 5.97 Å². The summed E-state index contributed by atoms with van der Waals surface area (Å²) in [6.07, 6.45) is 5.66. The Hall–Kier alpha value is -1.95. The highest BCUT2D eigenvalue weighted by molar-refractivity contribution is 5.89. The smallest absolute Gasteiger partial charge is 0.333 e. The summed E-state index contributed by atoms with van der Waals surface area (Å²) in [5, 5.41) is 12.1. The minimum absolute atomic E-state index is 0.0326. The van der Waals surface area contributed by atoms with Crippen molar-refractivity contribution in [1.29, 1.82) is 0 Å². The highest BCUT2D eigenvalue weighted by Crippen LogP contribution is 2.24. The molecule has 1 saturated carbocycles. The number of carboxylic acids is 1. The predicted octanol–water partition coefficient (Wildman–Crippen LogP) is 3.37. The van der Waals surface area contributed by atoms with Crippen molar-refractivity contribution in [2.24, 2.45) is 0 Å². The predicted molar refractivity (Wildman–Crippen MR) is 91.6 cm³/mol. The van der Waals surface area contributed by atoms with Crippen molar-refractivity contribution >= 4 is 11.9 Å². The second-order valence-corrected chi connectivity index (χ2v) is 6.82. The molecular formula is C19H26FNO4. The number of ether oxygens (including phenoxy) is 1. The summed E-state index contributed by atoms with van der Waals surface area (Å²) in [5.74, 6) is -2.17. The Bertz CT molecular complexity index is 596. The van der Waals surface area contributed by atoms with Gasteiger partial charge < -0.3 is 15.2 Å². The molecule has 5 nitrogen and oxygen atoms in total. The van der Waals surface area contributed by atoms with E-state index in [0.717, 1.165) is 25.7 Å². The highest BCUT2D eigenvalue weighted by atomic mass is 19.1. The fraction of sp³-hybridized carbons (Fsp3) is 0.579. The normalized spacial score (nSPS) is 19.5. The van der Waals surface area contributed by atoms with Crippen molar-refractivity contribution in [3.8, 4) is 0 Å². The van der Waals surface area contributed by atoms with Gasteiger partial charge in [-0.25, -0.2) is 9.18 Å². The van der Waals surface area contributed by atoms with Crippen LogP contribution in [0.2, 0.25) is 0 Å². The van der Waals surface area contributed by atoms with Crippen LogP contribution in [0.3, 0.4) is 0 Å². The van der Waals surface area contributed by atoms with Crippen molar-refractivity contribution in [2.45, 2.75) is 70.1 Å². The van der Waals surface area contributed by atoms with Gasteiger partial charge in [0, 0.05) is 0 Å². The Morgan fingerprint density at radius 1 is 1.20 bits per heavy atom. The third-order valence-electron chi connectivity index (χ3n) is 4.79. The number of carbonyl (C=O) groups is 2. The van der Waals surface area contributed by atoms with E-state index >= 15 is 0 Å². The van der Waals surface area contributed by atoms with Crippen molar-refractivity contribution in [1.82, 2.24) is 5.32 Å². The average molecular weight is 351 g/mol. The molecule has 0 radical (unpaired) electrons. The van der Waals surface area contributed by atoms with E-state index in [1.54, 1.807) is 6.92 Å². The van der Waals surface area contributed by atoms with Gasteiger partial charge in [0.1, 0.15) is 11.9 Å². The average Bonchev–Trinajstić information content (AvgIpc) is 2.83. The summed E-state index contributed by atoms with van der Waals surface area (Å²) >= 11 is 0. The molecular weight excluding hydrogens is 325 g/mol. The number of hydrogen-bond acceptors (Lipinski definition) is 3. The summed E-state index contributed by atoms with van der Waals surface area (Å²) in [6.45, 7) is 3.02. The molecule has 2 unspecified atom stereocenters. The van der Waals surface area contributed by atoms with Gasteiger partial charge in [0.15, 0.2) is 5.54 Å². The van der Waals surface area contributed by atoms with E-state index < -0.39 is 29.3 Å². The number of rotatable bonds is 6. The number of amides is 1. The van der Waals surface area contributed by atoms with E-state index in [-0.39, 0.29) is 6.10 Å². The first kappa shape index (κ1) is 19.4. The molecule has 1 aromatic rings. The van der Waals surface area contributed by atoms with E-state index in [4.69, 9.17) is 4.74 Å². The number of halogens is 1. The molecule has 0 saturated heterocycles. The lowest BCUT2D eigenvalue weighted by Gasteiger charge is -2.29. The van der Waals surface area contributed by atoms with Crippen LogP contribution in [0.25, 0.3) is 0 Å². The fourth-order valence-electron chi connectivity index (χ4n) is 3.11. The molecule has 0 aliphatic heterocycles. The maximum atomic E-state index is 13.1. The lowest BCUT2D eigenvalue weighted by Crippen LogP contribution is -2.52. The molecule has 1 aromatic carbocycles. The quantitative estimate of drug-likeness (QED) is 0.771. The van der Waals surface area contributed by atoms with Gasteiger partial charge in [-0.2, -0.15) is 0 Å². The van der Waals surface area contributed by atoms with Gasteiger partial charge in [-0.3, -0.25) is 4.79 Å². The van der Waals surface area contributed by atoms with E-state index in [0.29, 0.717) is 5.56 Å². The van der Waals surface area contributed by atoms with Crippen molar-refractivity contribution in [3.05, 3.63) is 35.6 Å². The van der Waals surface area contributed by atoms with Gasteiger partial charge in [0.2, 0.25) is 5.91 Å². The molecule has 6 heteroatoms. The molecule has 1 fully saturated rings. The molecule has 138 valence electrons. The van der Waals surface area contributed by atoms with Gasteiger partial charge in [0.25, 0.3) is 0 Å². The summed E-state index contributed by atoms with van der Waals surface area (Å²) < 4.78 is 19.0. The monoisotopic (exact) mass is 351 g/mol. The molecule has 0 bridgehead atoms. The molecule has 2 rings (SSSR count). The van der Waals surface area contributed by atoms with Crippen LogP contribution >= 0.6 is 0 Å². The van der Waals surface area contributed by atoms with Crippen molar-refractivity contribution in [3.63, 3.8) is 0 Å². The van der Waals surface area contributed by atoms with Gasteiger partial charge in [0.05, 0.1) is 6.10 Å². The molecule has 1 aliphatic rings. The number of nitrogens with one attached hydrogen (secondary N) is 1. The van der Waals surface area contributed by atoms with Crippen LogP contribution in [-0.2, 0) is 19.9 Å². The molecule has 2 N–H and O–H groups in total. The molecule has 0 aromatic heterocycles. The first-order chi connectivity index (χ1) is 11.8. The van der Waals surface area contributed by atoms with E-state index in [2.05, 4.69) is 5.32 Å². The lowest BCUT2D eigenvalue weighted by molar-refractivity contribution is -0.150. The summed E-state index contributed by atoms with van der Waals surface area (Å²) in [6, 6.07) is 5.07. The maximum absolute atomic E-state index is 13.1. The number of hydrogen-bond donors (Lipinski definition) is 2. The Morgan fingerprint density at radius 2 is 1.76 bits per heavy atom. The summed E-state index contributed by atoms with van der Waals surface area (Å²) in [7, 11) is 0. The lowest BCUT2D eigenvalue weighted by atomic mass is 9.91. The Kier molecular flexibility index (Phi) is 6.53. The number of aliphatic carboxylic acids is 1. The zero-order valence-electron chi connectivity index (χ0n) is 14.8. The Balaban J connectivity index is 2.06. The third-order valence-corrected chi connectivity index (χ3v) is 4.79. The standard InChI is InChI=1S/C19H26FNO4/c1-13(25-16-7-5-3-4-6-8-16)17(22)21-19(2,18(23)24)14-9-11-15(20)12-10-14/h9-13,16H,3-8H2,1-2H3,(H,21,22)(H,23,24). The second-order valence-electron chi connectivity index (χ2n) is 6.82. The topological polar surface area (TPSA) is 75.6 Å². The van der Waals surface area contributed by atoms with E-state index in [1.165, 1.54) is 44.0 Å². The zero-order chi connectivity index (χ0) is 18.4. The molecule has 0 spiro atoms. The van der Waals surface area contributed by atoms with Crippen LogP contribution in [-0.4, -0.2) is 29.2 Å². The zero-order valence-corrected chi connectivity index (χ0v) is 14.8. The van der Waals surface area contributed by atoms with Crippen LogP contribution in [0, 0.1) is 5.82 Å². The molecule has 2 atom stereocenters. The van der Waals surface area contributed by atoms with Gasteiger partial charge in [-0.05, 0) is 44.4 Å². The molecule has 1 aliphatic carbocycles. The highest BCUT2D eigenvalue weighted by Gasteiger charge is 2.38.